The molecule has 4 rings (SSSR count). The molecule has 1 atom stereocenters. The Labute approximate surface area is 190 Å². The molecule has 1 fully saturated rings. The lowest BCUT2D eigenvalue weighted by Gasteiger charge is -2.22. The SMILES string of the molecule is O=C(CC1C(=O)N(CCc2ccccc2)C(=S)N1Cc1ccco1)Nc1ccc(F)cc1. The zero-order valence-electron chi connectivity index (χ0n) is 17.2. The first-order chi connectivity index (χ1) is 15.5. The topological polar surface area (TPSA) is 65.8 Å². The van der Waals surface area contributed by atoms with Gasteiger partial charge in [-0.25, -0.2) is 4.39 Å². The van der Waals surface area contributed by atoms with Crippen LogP contribution in [0.5, 0.6) is 0 Å². The molecule has 0 aliphatic carbocycles. The van der Waals surface area contributed by atoms with E-state index in [4.69, 9.17) is 16.6 Å². The van der Waals surface area contributed by atoms with Gasteiger partial charge in [0.05, 0.1) is 19.2 Å². The van der Waals surface area contributed by atoms with Gasteiger partial charge in [0, 0.05) is 12.2 Å². The van der Waals surface area contributed by atoms with Crippen LogP contribution in [0.1, 0.15) is 17.7 Å². The summed E-state index contributed by atoms with van der Waals surface area (Å²) >= 11 is 5.62. The molecule has 164 valence electrons. The minimum Gasteiger partial charge on any atom is -0.467 e. The number of amides is 2. The molecule has 1 aromatic heterocycles. The summed E-state index contributed by atoms with van der Waals surface area (Å²) < 4.78 is 18.6. The zero-order valence-corrected chi connectivity index (χ0v) is 18.1. The van der Waals surface area contributed by atoms with Crippen LogP contribution in [0, 0.1) is 5.82 Å². The lowest BCUT2D eigenvalue weighted by Crippen LogP contribution is -2.37. The molecule has 1 aliphatic rings. The quantitative estimate of drug-likeness (QED) is 0.525. The Morgan fingerprint density at radius 1 is 1.06 bits per heavy atom. The van der Waals surface area contributed by atoms with Crippen molar-refractivity contribution < 1.29 is 18.4 Å². The predicted octanol–water partition coefficient (Wildman–Crippen LogP) is 3.99. The Morgan fingerprint density at radius 3 is 2.50 bits per heavy atom. The van der Waals surface area contributed by atoms with Crippen LogP contribution in [0.3, 0.4) is 0 Å². The van der Waals surface area contributed by atoms with Gasteiger partial charge in [0.2, 0.25) is 5.91 Å². The minimum absolute atomic E-state index is 0.0844. The van der Waals surface area contributed by atoms with E-state index in [9.17, 15) is 14.0 Å². The van der Waals surface area contributed by atoms with Gasteiger partial charge in [0.15, 0.2) is 5.11 Å². The molecule has 0 spiro atoms. The van der Waals surface area contributed by atoms with E-state index in [0.717, 1.165) is 5.56 Å². The second kappa shape index (κ2) is 9.74. The highest BCUT2D eigenvalue weighted by molar-refractivity contribution is 7.80. The standard InChI is InChI=1S/C24H22FN3O3S/c25-18-8-10-19(11-9-18)26-22(29)15-21-23(30)27(13-12-17-5-2-1-3-6-17)24(32)28(21)16-20-7-4-14-31-20/h1-11,14,21H,12-13,15-16H2,(H,26,29). The number of rotatable bonds is 8. The van der Waals surface area contributed by atoms with Gasteiger partial charge in [-0.05, 0) is 60.6 Å². The van der Waals surface area contributed by atoms with Crippen molar-refractivity contribution in [3.05, 3.63) is 90.1 Å². The molecule has 1 unspecified atom stereocenters. The van der Waals surface area contributed by atoms with Gasteiger partial charge in [-0.2, -0.15) is 0 Å². The van der Waals surface area contributed by atoms with E-state index in [2.05, 4.69) is 5.32 Å². The Morgan fingerprint density at radius 2 is 1.81 bits per heavy atom. The third-order valence-corrected chi connectivity index (χ3v) is 5.74. The molecule has 32 heavy (non-hydrogen) atoms. The molecule has 2 heterocycles. The second-order valence-electron chi connectivity index (χ2n) is 7.49. The summed E-state index contributed by atoms with van der Waals surface area (Å²) in [4.78, 5) is 29.2. The maximum atomic E-state index is 13.2. The van der Waals surface area contributed by atoms with Crippen LogP contribution in [-0.4, -0.2) is 39.3 Å². The van der Waals surface area contributed by atoms with E-state index in [-0.39, 0.29) is 24.8 Å². The smallest absolute Gasteiger partial charge is 0.252 e. The van der Waals surface area contributed by atoms with Crippen LogP contribution >= 0.6 is 12.2 Å². The Bertz CT molecular complexity index is 1090. The van der Waals surface area contributed by atoms with Crippen molar-refractivity contribution in [2.75, 3.05) is 11.9 Å². The number of carbonyl (C=O) groups excluding carboxylic acids is 2. The van der Waals surface area contributed by atoms with E-state index in [1.165, 1.54) is 24.3 Å². The van der Waals surface area contributed by atoms with Crippen molar-refractivity contribution >= 4 is 34.8 Å². The lowest BCUT2D eigenvalue weighted by molar-refractivity contribution is -0.130. The zero-order chi connectivity index (χ0) is 22.5. The fourth-order valence-corrected chi connectivity index (χ4v) is 4.03. The summed E-state index contributed by atoms with van der Waals surface area (Å²) in [6.45, 7) is 0.709. The van der Waals surface area contributed by atoms with Crippen molar-refractivity contribution in [2.45, 2.75) is 25.4 Å². The van der Waals surface area contributed by atoms with Crippen LogP contribution in [0.4, 0.5) is 10.1 Å². The number of carbonyl (C=O) groups is 2. The number of thiocarbonyl (C=S) groups is 1. The number of furan rings is 1. The monoisotopic (exact) mass is 451 g/mol. The number of hydrogen-bond acceptors (Lipinski definition) is 4. The minimum atomic E-state index is -0.746. The van der Waals surface area contributed by atoms with E-state index >= 15 is 0 Å². The molecule has 1 aliphatic heterocycles. The molecule has 0 radical (unpaired) electrons. The van der Waals surface area contributed by atoms with E-state index in [0.29, 0.717) is 29.5 Å². The third kappa shape index (κ3) is 5.03. The summed E-state index contributed by atoms with van der Waals surface area (Å²) in [5.41, 5.74) is 1.56. The average molecular weight is 452 g/mol. The average Bonchev–Trinajstić information content (AvgIpc) is 3.38. The van der Waals surface area contributed by atoms with Crippen molar-refractivity contribution in [1.82, 2.24) is 9.80 Å². The number of benzene rings is 2. The second-order valence-corrected chi connectivity index (χ2v) is 7.86. The predicted molar refractivity (Wildman–Crippen MR) is 122 cm³/mol. The highest BCUT2D eigenvalue weighted by Crippen LogP contribution is 2.24. The van der Waals surface area contributed by atoms with E-state index in [1.807, 2.05) is 30.3 Å². The summed E-state index contributed by atoms with van der Waals surface area (Å²) in [6.07, 6.45) is 2.12. The molecule has 3 aromatic rings. The van der Waals surface area contributed by atoms with E-state index < -0.39 is 11.9 Å². The first kappa shape index (κ1) is 21.7. The molecule has 1 saturated heterocycles. The molecule has 8 heteroatoms. The first-order valence-electron chi connectivity index (χ1n) is 10.2. The number of anilines is 1. The molecule has 0 saturated carbocycles. The summed E-state index contributed by atoms with van der Waals surface area (Å²) in [7, 11) is 0. The number of hydrogen-bond donors (Lipinski definition) is 1. The fourth-order valence-electron chi connectivity index (χ4n) is 3.65. The molecule has 2 aromatic carbocycles. The number of nitrogens with one attached hydrogen (secondary N) is 1. The van der Waals surface area contributed by atoms with Crippen molar-refractivity contribution in [2.24, 2.45) is 0 Å². The molecular formula is C24H22FN3O3S. The highest BCUT2D eigenvalue weighted by Gasteiger charge is 2.43. The molecular weight excluding hydrogens is 429 g/mol. The van der Waals surface area contributed by atoms with Crippen molar-refractivity contribution in [1.29, 1.82) is 0 Å². The number of halogens is 1. The van der Waals surface area contributed by atoms with Crippen LogP contribution in [0.15, 0.2) is 77.4 Å². The fraction of sp³-hybridized carbons (Fsp3) is 0.208. The normalized spacial score (nSPS) is 16.0. The largest absolute Gasteiger partial charge is 0.467 e. The Balaban J connectivity index is 1.48. The van der Waals surface area contributed by atoms with Crippen molar-refractivity contribution in [3.8, 4) is 0 Å². The van der Waals surface area contributed by atoms with Crippen molar-refractivity contribution in [3.63, 3.8) is 0 Å². The third-order valence-electron chi connectivity index (χ3n) is 5.28. The van der Waals surface area contributed by atoms with Crippen LogP contribution < -0.4 is 5.32 Å². The Hall–Kier alpha value is -3.52. The molecule has 6 nitrogen and oxygen atoms in total. The van der Waals surface area contributed by atoms with Crippen LogP contribution in [-0.2, 0) is 22.6 Å². The highest BCUT2D eigenvalue weighted by atomic mass is 32.1. The molecule has 0 bridgehead atoms. The van der Waals surface area contributed by atoms with Gasteiger partial charge < -0.3 is 14.6 Å². The van der Waals surface area contributed by atoms with Gasteiger partial charge in [-0.15, -0.1) is 0 Å². The van der Waals surface area contributed by atoms with Gasteiger partial charge in [0.25, 0.3) is 5.91 Å². The first-order valence-corrected chi connectivity index (χ1v) is 10.7. The van der Waals surface area contributed by atoms with Crippen LogP contribution in [0.25, 0.3) is 0 Å². The Kier molecular flexibility index (Phi) is 6.61. The van der Waals surface area contributed by atoms with Gasteiger partial charge in [-0.3, -0.25) is 14.5 Å². The lowest BCUT2D eigenvalue weighted by atomic mass is 10.1. The molecule has 1 N–H and O–H groups in total. The van der Waals surface area contributed by atoms with Gasteiger partial charge in [0.1, 0.15) is 17.6 Å². The summed E-state index contributed by atoms with van der Waals surface area (Å²) in [6, 6.07) is 18.1. The maximum absolute atomic E-state index is 13.2. The maximum Gasteiger partial charge on any atom is 0.252 e. The number of nitrogens with zero attached hydrogens (tertiary/aromatic N) is 2. The summed E-state index contributed by atoms with van der Waals surface area (Å²) in [5.74, 6) is -0.314. The van der Waals surface area contributed by atoms with Gasteiger partial charge >= 0.3 is 0 Å². The summed E-state index contributed by atoms with van der Waals surface area (Å²) in [5, 5.41) is 3.09. The van der Waals surface area contributed by atoms with Gasteiger partial charge in [-0.1, -0.05) is 30.3 Å². The van der Waals surface area contributed by atoms with Crippen LogP contribution in [0.2, 0.25) is 0 Å². The molecule has 2 amide bonds. The van der Waals surface area contributed by atoms with E-state index in [1.54, 1.807) is 28.2 Å².